The standard InChI is InChI=1S/C26H31N3O4/c1-25(2,3)19-5-7-20(8-6-19)27-24(30)29-12-10-26(11-13-29)17-21(28-33-26)18-4-9-22-23(16-18)32-15-14-31-22/h4-9,16H,10-15,17H2,1-3H3,(H,27,30). The van der Waals surface area contributed by atoms with E-state index < -0.39 is 0 Å². The highest BCUT2D eigenvalue weighted by Crippen LogP contribution is 2.38. The molecule has 1 spiro atoms. The van der Waals surface area contributed by atoms with Gasteiger partial charge in [-0.2, -0.15) is 0 Å². The molecule has 0 saturated carbocycles. The molecule has 33 heavy (non-hydrogen) atoms. The summed E-state index contributed by atoms with van der Waals surface area (Å²) in [5.74, 6) is 1.52. The number of nitrogens with zero attached hydrogens (tertiary/aromatic N) is 2. The van der Waals surface area contributed by atoms with Gasteiger partial charge in [0.25, 0.3) is 0 Å². The highest BCUT2D eigenvalue weighted by Gasteiger charge is 2.43. The number of carbonyl (C=O) groups excluding carboxylic acids is 1. The predicted molar refractivity (Wildman–Crippen MR) is 127 cm³/mol. The second-order valence-corrected chi connectivity index (χ2v) is 10.1. The molecule has 2 aromatic rings. The first-order valence-corrected chi connectivity index (χ1v) is 11.6. The van der Waals surface area contributed by atoms with E-state index in [0.717, 1.165) is 47.7 Å². The predicted octanol–water partition coefficient (Wildman–Crippen LogP) is 4.95. The SMILES string of the molecule is CC(C)(C)c1ccc(NC(=O)N2CCC3(CC2)CC(c2ccc4c(c2)OCCO4)=NO3)cc1. The summed E-state index contributed by atoms with van der Waals surface area (Å²) in [6.45, 7) is 8.94. The Hall–Kier alpha value is -3.22. The number of ether oxygens (including phenoxy) is 2. The zero-order chi connectivity index (χ0) is 23.1. The molecule has 3 aliphatic rings. The van der Waals surface area contributed by atoms with Crippen LogP contribution >= 0.6 is 0 Å². The number of rotatable bonds is 2. The van der Waals surface area contributed by atoms with Gasteiger partial charge in [-0.3, -0.25) is 0 Å². The number of anilines is 1. The van der Waals surface area contributed by atoms with Crippen molar-refractivity contribution in [1.82, 2.24) is 4.90 Å². The molecule has 2 amide bonds. The minimum Gasteiger partial charge on any atom is -0.486 e. The molecule has 3 heterocycles. The highest BCUT2D eigenvalue weighted by atomic mass is 16.7. The third-order valence-corrected chi connectivity index (χ3v) is 6.68. The van der Waals surface area contributed by atoms with Crippen LogP contribution in [0.1, 0.15) is 51.2 Å². The first kappa shape index (κ1) is 21.6. The van der Waals surface area contributed by atoms with Gasteiger partial charge in [-0.15, -0.1) is 0 Å². The third kappa shape index (κ3) is 4.49. The van der Waals surface area contributed by atoms with Gasteiger partial charge in [0.1, 0.15) is 18.8 Å². The molecule has 0 atom stereocenters. The van der Waals surface area contributed by atoms with Gasteiger partial charge < -0.3 is 24.5 Å². The quantitative estimate of drug-likeness (QED) is 0.704. The summed E-state index contributed by atoms with van der Waals surface area (Å²) >= 11 is 0. The zero-order valence-corrected chi connectivity index (χ0v) is 19.5. The molecule has 0 aliphatic carbocycles. The topological polar surface area (TPSA) is 72.4 Å². The van der Waals surface area contributed by atoms with Crippen LogP contribution in [-0.4, -0.2) is 48.5 Å². The largest absolute Gasteiger partial charge is 0.486 e. The number of carbonyl (C=O) groups is 1. The molecule has 7 heteroatoms. The van der Waals surface area contributed by atoms with Crippen LogP contribution in [0.15, 0.2) is 47.6 Å². The lowest BCUT2D eigenvalue weighted by atomic mass is 9.85. The summed E-state index contributed by atoms with van der Waals surface area (Å²) in [5.41, 5.74) is 3.72. The number of hydrogen-bond acceptors (Lipinski definition) is 5. The smallest absolute Gasteiger partial charge is 0.321 e. The molecule has 1 N–H and O–H groups in total. The number of oxime groups is 1. The second-order valence-electron chi connectivity index (χ2n) is 10.1. The van der Waals surface area contributed by atoms with Crippen molar-refractivity contribution in [2.75, 3.05) is 31.6 Å². The van der Waals surface area contributed by atoms with Crippen LogP contribution in [0.3, 0.4) is 0 Å². The number of urea groups is 1. The third-order valence-electron chi connectivity index (χ3n) is 6.68. The lowest BCUT2D eigenvalue weighted by molar-refractivity contribution is -0.0544. The number of nitrogens with one attached hydrogen (secondary N) is 1. The van der Waals surface area contributed by atoms with Crippen molar-refractivity contribution in [3.8, 4) is 11.5 Å². The second kappa shape index (κ2) is 8.28. The molecule has 0 radical (unpaired) electrons. The summed E-state index contributed by atoms with van der Waals surface area (Å²) in [7, 11) is 0. The van der Waals surface area contributed by atoms with E-state index in [1.54, 1.807) is 0 Å². The Balaban J connectivity index is 1.16. The molecule has 7 nitrogen and oxygen atoms in total. The van der Waals surface area contributed by atoms with Gasteiger partial charge in [0.05, 0.1) is 5.71 Å². The number of amides is 2. The van der Waals surface area contributed by atoms with Gasteiger partial charge in [0, 0.05) is 43.6 Å². The zero-order valence-electron chi connectivity index (χ0n) is 19.5. The molecule has 2 aromatic carbocycles. The van der Waals surface area contributed by atoms with Gasteiger partial charge in [0.2, 0.25) is 0 Å². The van der Waals surface area contributed by atoms with Crippen molar-refractivity contribution in [2.45, 2.75) is 51.0 Å². The monoisotopic (exact) mass is 449 g/mol. The van der Waals surface area contributed by atoms with Crippen molar-refractivity contribution < 1.29 is 19.1 Å². The van der Waals surface area contributed by atoms with Crippen LogP contribution in [-0.2, 0) is 10.3 Å². The summed E-state index contributed by atoms with van der Waals surface area (Å²) in [6.07, 6.45) is 2.23. The van der Waals surface area contributed by atoms with E-state index in [1.807, 2.05) is 35.2 Å². The van der Waals surface area contributed by atoms with E-state index in [-0.39, 0.29) is 17.0 Å². The van der Waals surface area contributed by atoms with Gasteiger partial charge >= 0.3 is 6.03 Å². The summed E-state index contributed by atoms with van der Waals surface area (Å²) < 4.78 is 11.3. The summed E-state index contributed by atoms with van der Waals surface area (Å²) in [6, 6.07) is 13.9. The van der Waals surface area contributed by atoms with Crippen LogP contribution in [0.5, 0.6) is 11.5 Å². The van der Waals surface area contributed by atoms with Gasteiger partial charge in [-0.1, -0.05) is 38.1 Å². The Labute approximate surface area is 194 Å². The molecule has 5 rings (SSSR count). The van der Waals surface area contributed by atoms with E-state index in [1.165, 1.54) is 5.56 Å². The highest BCUT2D eigenvalue weighted by molar-refractivity contribution is 6.02. The van der Waals surface area contributed by atoms with E-state index in [9.17, 15) is 4.79 Å². The Kier molecular flexibility index (Phi) is 5.43. The molecule has 0 bridgehead atoms. The van der Waals surface area contributed by atoms with Gasteiger partial charge in [-0.25, -0.2) is 4.79 Å². The number of fused-ring (bicyclic) bond motifs is 1. The van der Waals surface area contributed by atoms with Crippen molar-refractivity contribution in [2.24, 2.45) is 5.16 Å². The van der Waals surface area contributed by atoms with E-state index in [2.05, 4.69) is 43.4 Å². The van der Waals surface area contributed by atoms with E-state index >= 15 is 0 Å². The summed E-state index contributed by atoms with van der Waals surface area (Å²) in [5, 5.41) is 7.42. The molecule has 174 valence electrons. The van der Waals surface area contributed by atoms with Crippen LogP contribution < -0.4 is 14.8 Å². The fourth-order valence-corrected chi connectivity index (χ4v) is 4.54. The molecular weight excluding hydrogens is 418 g/mol. The van der Waals surface area contributed by atoms with E-state index in [0.29, 0.717) is 26.3 Å². The van der Waals surface area contributed by atoms with Crippen LogP contribution in [0, 0.1) is 0 Å². The fourth-order valence-electron chi connectivity index (χ4n) is 4.54. The minimum absolute atomic E-state index is 0.0701. The summed E-state index contributed by atoms with van der Waals surface area (Å²) in [4.78, 5) is 20.6. The Morgan fingerprint density at radius 2 is 1.70 bits per heavy atom. The molecule has 3 aliphatic heterocycles. The van der Waals surface area contributed by atoms with E-state index in [4.69, 9.17) is 14.3 Å². The maximum absolute atomic E-state index is 12.8. The molecule has 0 aromatic heterocycles. The average molecular weight is 450 g/mol. The first-order valence-electron chi connectivity index (χ1n) is 11.6. The van der Waals surface area contributed by atoms with Crippen LogP contribution in [0.4, 0.5) is 10.5 Å². The average Bonchev–Trinajstić information content (AvgIpc) is 3.22. The van der Waals surface area contributed by atoms with Crippen LogP contribution in [0.2, 0.25) is 0 Å². The fraction of sp³-hybridized carbons (Fsp3) is 0.462. The van der Waals surface area contributed by atoms with Crippen molar-refractivity contribution in [3.63, 3.8) is 0 Å². The normalized spacial score (nSPS) is 19.1. The molecular formula is C26H31N3O4. The van der Waals surface area contributed by atoms with Gasteiger partial charge in [-0.05, 0) is 41.3 Å². The lowest BCUT2D eigenvalue weighted by Crippen LogP contribution is -2.48. The molecule has 0 unspecified atom stereocenters. The number of piperidine rings is 1. The van der Waals surface area contributed by atoms with Crippen LogP contribution in [0.25, 0.3) is 0 Å². The Bertz CT molecular complexity index is 1060. The number of hydrogen-bond donors (Lipinski definition) is 1. The first-order chi connectivity index (χ1) is 15.8. The number of benzene rings is 2. The van der Waals surface area contributed by atoms with Crippen molar-refractivity contribution in [3.05, 3.63) is 53.6 Å². The maximum atomic E-state index is 12.8. The molecule has 1 fully saturated rings. The van der Waals surface area contributed by atoms with Crippen molar-refractivity contribution >= 4 is 17.4 Å². The minimum atomic E-state index is -0.340. The lowest BCUT2D eigenvalue weighted by Gasteiger charge is -2.37. The van der Waals surface area contributed by atoms with Gasteiger partial charge in [0.15, 0.2) is 11.5 Å². The van der Waals surface area contributed by atoms with Crippen molar-refractivity contribution in [1.29, 1.82) is 0 Å². The Morgan fingerprint density at radius 1 is 1.00 bits per heavy atom. The Morgan fingerprint density at radius 3 is 2.39 bits per heavy atom. The maximum Gasteiger partial charge on any atom is 0.321 e. The molecule has 1 saturated heterocycles. The number of likely N-dealkylation sites (tertiary alicyclic amines) is 1.